The molecule has 1 aromatic heterocycles. The number of nitrogens with one attached hydrogen (secondary N) is 1. The molecular formula is C16H13FN2O2. The largest absolute Gasteiger partial charge is 0.436 e. The topological polar surface area (TPSA) is 55.1 Å². The molecular weight excluding hydrogens is 271 g/mol. The molecule has 0 atom stereocenters. The van der Waals surface area contributed by atoms with Crippen molar-refractivity contribution in [2.45, 2.75) is 6.92 Å². The molecule has 21 heavy (non-hydrogen) atoms. The zero-order valence-corrected chi connectivity index (χ0v) is 11.4. The maximum absolute atomic E-state index is 12.2. The summed E-state index contributed by atoms with van der Waals surface area (Å²) in [4.78, 5) is 15.4. The summed E-state index contributed by atoms with van der Waals surface area (Å²) in [6.45, 7) is 0.959. The lowest BCUT2D eigenvalue weighted by molar-refractivity contribution is -0.117. The number of anilines is 1. The first-order valence-corrected chi connectivity index (χ1v) is 6.49. The minimum absolute atomic E-state index is 0.494. The van der Waals surface area contributed by atoms with E-state index in [2.05, 4.69) is 10.3 Å². The van der Waals surface area contributed by atoms with Crippen LogP contribution in [-0.2, 0) is 4.79 Å². The minimum Gasteiger partial charge on any atom is -0.436 e. The van der Waals surface area contributed by atoms with Gasteiger partial charge in [0.05, 0.1) is 0 Å². The molecule has 0 radical (unpaired) electrons. The Labute approximate surface area is 120 Å². The van der Waals surface area contributed by atoms with Gasteiger partial charge in [-0.3, -0.25) is 4.79 Å². The molecule has 0 saturated carbocycles. The standard InChI is InChI=1S/C16H13FN2O2/c1-10-2-4-11(5-3-10)16-19-13-8-12(18-15(20)9-17)6-7-14(13)21-16/h2-8H,9H2,1H3,(H,18,20). The van der Waals surface area contributed by atoms with E-state index in [0.717, 1.165) is 11.1 Å². The van der Waals surface area contributed by atoms with Crippen molar-refractivity contribution in [3.63, 3.8) is 0 Å². The van der Waals surface area contributed by atoms with Gasteiger partial charge in [0.15, 0.2) is 12.3 Å². The zero-order chi connectivity index (χ0) is 14.8. The van der Waals surface area contributed by atoms with Gasteiger partial charge in [0.2, 0.25) is 5.89 Å². The second-order valence-electron chi connectivity index (χ2n) is 4.75. The molecule has 106 valence electrons. The Hall–Kier alpha value is -2.69. The van der Waals surface area contributed by atoms with E-state index in [-0.39, 0.29) is 0 Å². The summed E-state index contributed by atoms with van der Waals surface area (Å²) >= 11 is 0. The Bertz CT molecular complexity index is 794. The first-order chi connectivity index (χ1) is 10.2. The second-order valence-corrected chi connectivity index (χ2v) is 4.75. The number of benzene rings is 2. The number of carbonyl (C=O) groups is 1. The van der Waals surface area contributed by atoms with Gasteiger partial charge in [0, 0.05) is 11.3 Å². The van der Waals surface area contributed by atoms with Crippen molar-refractivity contribution in [1.82, 2.24) is 4.98 Å². The number of nitrogens with zero attached hydrogens (tertiary/aromatic N) is 1. The Morgan fingerprint density at radius 1 is 1.24 bits per heavy atom. The number of rotatable bonds is 3. The average molecular weight is 284 g/mol. The van der Waals surface area contributed by atoms with Crippen LogP contribution in [0.25, 0.3) is 22.6 Å². The molecule has 0 fully saturated rings. The quantitative estimate of drug-likeness (QED) is 0.797. The maximum Gasteiger partial charge on any atom is 0.255 e. The van der Waals surface area contributed by atoms with Crippen LogP contribution in [0.15, 0.2) is 46.9 Å². The van der Waals surface area contributed by atoms with Crippen LogP contribution in [0.2, 0.25) is 0 Å². The van der Waals surface area contributed by atoms with E-state index in [1.807, 2.05) is 31.2 Å². The molecule has 0 aliphatic carbocycles. The molecule has 1 amide bonds. The van der Waals surface area contributed by atoms with E-state index < -0.39 is 12.6 Å². The minimum atomic E-state index is -1.05. The highest BCUT2D eigenvalue weighted by molar-refractivity contribution is 5.93. The van der Waals surface area contributed by atoms with Crippen LogP contribution in [0, 0.1) is 6.92 Å². The molecule has 3 aromatic rings. The third-order valence-corrected chi connectivity index (χ3v) is 3.09. The van der Waals surface area contributed by atoms with Crippen molar-refractivity contribution < 1.29 is 13.6 Å². The number of hydrogen-bond donors (Lipinski definition) is 1. The van der Waals surface area contributed by atoms with Gasteiger partial charge in [0.25, 0.3) is 5.91 Å². The van der Waals surface area contributed by atoms with E-state index in [1.165, 1.54) is 0 Å². The monoisotopic (exact) mass is 284 g/mol. The van der Waals surface area contributed by atoms with Crippen LogP contribution >= 0.6 is 0 Å². The number of fused-ring (bicyclic) bond motifs is 1. The Balaban J connectivity index is 1.96. The molecule has 2 aromatic carbocycles. The lowest BCUT2D eigenvalue weighted by atomic mass is 10.1. The van der Waals surface area contributed by atoms with Crippen molar-refractivity contribution in [3.05, 3.63) is 48.0 Å². The van der Waals surface area contributed by atoms with E-state index in [0.29, 0.717) is 22.7 Å². The Morgan fingerprint density at radius 3 is 2.71 bits per heavy atom. The molecule has 5 heteroatoms. The number of halogens is 1. The van der Waals surface area contributed by atoms with Crippen molar-refractivity contribution in [3.8, 4) is 11.5 Å². The second kappa shape index (κ2) is 5.36. The molecule has 1 heterocycles. The molecule has 3 rings (SSSR count). The number of alkyl halides is 1. The van der Waals surface area contributed by atoms with E-state index >= 15 is 0 Å². The van der Waals surface area contributed by atoms with Crippen LogP contribution in [0.3, 0.4) is 0 Å². The van der Waals surface area contributed by atoms with Crippen molar-refractivity contribution in [1.29, 1.82) is 0 Å². The van der Waals surface area contributed by atoms with Gasteiger partial charge in [-0.1, -0.05) is 17.7 Å². The summed E-state index contributed by atoms with van der Waals surface area (Å²) in [5.41, 5.74) is 3.76. The zero-order valence-electron chi connectivity index (χ0n) is 11.4. The van der Waals surface area contributed by atoms with Gasteiger partial charge >= 0.3 is 0 Å². The van der Waals surface area contributed by atoms with Crippen LogP contribution in [0.1, 0.15) is 5.56 Å². The lowest BCUT2D eigenvalue weighted by Gasteiger charge is -2.00. The fourth-order valence-corrected chi connectivity index (χ4v) is 2.02. The normalized spacial score (nSPS) is 10.8. The van der Waals surface area contributed by atoms with Crippen molar-refractivity contribution in [2.24, 2.45) is 0 Å². The number of aryl methyl sites for hydroxylation is 1. The highest BCUT2D eigenvalue weighted by Crippen LogP contribution is 2.26. The number of oxazole rings is 1. The van der Waals surface area contributed by atoms with Crippen LogP contribution < -0.4 is 5.32 Å². The molecule has 0 aliphatic heterocycles. The smallest absolute Gasteiger partial charge is 0.255 e. The predicted molar refractivity (Wildman–Crippen MR) is 78.8 cm³/mol. The van der Waals surface area contributed by atoms with Gasteiger partial charge in [-0.2, -0.15) is 0 Å². The molecule has 1 N–H and O–H groups in total. The first-order valence-electron chi connectivity index (χ1n) is 6.49. The summed E-state index contributed by atoms with van der Waals surface area (Å²) in [5, 5.41) is 2.44. The third kappa shape index (κ3) is 2.76. The van der Waals surface area contributed by atoms with Crippen LogP contribution in [-0.4, -0.2) is 17.6 Å². The van der Waals surface area contributed by atoms with E-state index in [9.17, 15) is 9.18 Å². The highest BCUT2D eigenvalue weighted by atomic mass is 19.1. The third-order valence-electron chi connectivity index (χ3n) is 3.09. The summed E-state index contributed by atoms with van der Waals surface area (Å²) in [5.74, 6) is -0.171. The van der Waals surface area contributed by atoms with Gasteiger partial charge < -0.3 is 9.73 Å². The predicted octanol–water partition coefficient (Wildman–Crippen LogP) is 3.71. The van der Waals surface area contributed by atoms with Crippen LogP contribution in [0.5, 0.6) is 0 Å². The molecule has 0 aliphatic rings. The first kappa shape index (κ1) is 13.3. The summed E-state index contributed by atoms with van der Waals surface area (Å²) in [6, 6.07) is 12.9. The van der Waals surface area contributed by atoms with Crippen LogP contribution in [0.4, 0.5) is 10.1 Å². The van der Waals surface area contributed by atoms with Gasteiger partial charge in [-0.05, 0) is 37.3 Å². The Kier molecular flexibility index (Phi) is 3.39. The summed E-state index contributed by atoms with van der Waals surface area (Å²) in [6.07, 6.45) is 0. The number of amides is 1. The lowest BCUT2D eigenvalue weighted by Crippen LogP contribution is -2.12. The molecule has 0 spiro atoms. The van der Waals surface area contributed by atoms with Gasteiger partial charge in [-0.25, -0.2) is 9.37 Å². The molecule has 0 unspecified atom stereocenters. The Morgan fingerprint density at radius 2 is 2.00 bits per heavy atom. The van der Waals surface area contributed by atoms with Crippen molar-refractivity contribution in [2.75, 3.05) is 12.0 Å². The van der Waals surface area contributed by atoms with E-state index in [1.54, 1.807) is 18.2 Å². The fraction of sp³-hybridized carbons (Fsp3) is 0.125. The molecule has 4 nitrogen and oxygen atoms in total. The number of hydrogen-bond acceptors (Lipinski definition) is 3. The SMILES string of the molecule is Cc1ccc(-c2nc3cc(NC(=O)CF)ccc3o2)cc1. The number of aromatic nitrogens is 1. The van der Waals surface area contributed by atoms with Gasteiger partial charge in [0.1, 0.15) is 5.52 Å². The fourth-order valence-electron chi connectivity index (χ4n) is 2.02. The maximum atomic E-state index is 12.2. The molecule has 0 bridgehead atoms. The highest BCUT2D eigenvalue weighted by Gasteiger charge is 2.09. The van der Waals surface area contributed by atoms with Gasteiger partial charge in [-0.15, -0.1) is 0 Å². The van der Waals surface area contributed by atoms with E-state index in [4.69, 9.17) is 4.42 Å². The number of carbonyl (C=O) groups excluding carboxylic acids is 1. The summed E-state index contributed by atoms with van der Waals surface area (Å²) in [7, 11) is 0. The molecule has 0 saturated heterocycles. The van der Waals surface area contributed by atoms with Crippen molar-refractivity contribution >= 4 is 22.7 Å². The summed E-state index contributed by atoms with van der Waals surface area (Å²) < 4.78 is 17.9. The average Bonchev–Trinajstić information content (AvgIpc) is 2.91.